The van der Waals surface area contributed by atoms with Gasteiger partial charge in [-0.3, -0.25) is 0 Å². The van der Waals surface area contributed by atoms with E-state index in [0.717, 1.165) is 5.56 Å². The number of para-hydroxylation sites is 1. The minimum atomic E-state index is -1.09. The lowest BCUT2D eigenvalue weighted by molar-refractivity contribution is 0.0690. The number of ether oxygens (including phenoxy) is 1. The number of methoxy groups -OCH3 is 1. The van der Waals surface area contributed by atoms with Crippen molar-refractivity contribution in [1.29, 1.82) is 0 Å². The number of carbonyl (C=O) groups is 1. The molecule has 0 bridgehead atoms. The van der Waals surface area contributed by atoms with E-state index in [1.165, 1.54) is 10.7 Å². The van der Waals surface area contributed by atoms with Crippen molar-refractivity contribution < 1.29 is 14.6 Å². The smallest absolute Gasteiger partial charge is 0.356 e. The van der Waals surface area contributed by atoms with Gasteiger partial charge in [0.15, 0.2) is 11.5 Å². The van der Waals surface area contributed by atoms with Crippen molar-refractivity contribution in [1.82, 2.24) is 14.8 Å². The topological polar surface area (TPSA) is 77.2 Å². The Kier molecular flexibility index (Phi) is 3.57. The monoisotopic (exact) mass is 295 g/mol. The van der Waals surface area contributed by atoms with Gasteiger partial charge < -0.3 is 9.84 Å². The number of rotatable bonds is 4. The van der Waals surface area contributed by atoms with Crippen LogP contribution in [0.1, 0.15) is 10.5 Å². The van der Waals surface area contributed by atoms with Crippen molar-refractivity contribution in [2.24, 2.45) is 0 Å². The number of pyridine rings is 1. The van der Waals surface area contributed by atoms with E-state index in [4.69, 9.17) is 4.74 Å². The Morgan fingerprint density at radius 3 is 2.64 bits per heavy atom. The zero-order chi connectivity index (χ0) is 15.5. The lowest BCUT2D eigenvalue weighted by Crippen LogP contribution is -2.04. The Balaban J connectivity index is 2.24. The molecule has 0 radical (unpaired) electrons. The summed E-state index contributed by atoms with van der Waals surface area (Å²) >= 11 is 0. The van der Waals surface area contributed by atoms with Crippen LogP contribution in [-0.4, -0.2) is 33.0 Å². The van der Waals surface area contributed by atoms with Gasteiger partial charge in [-0.05, 0) is 30.3 Å². The van der Waals surface area contributed by atoms with Crippen molar-refractivity contribution in [2.45, 2.75) is 0 Å². The number of aromatic carboxylic acids is 1. The largest absolute Gasteiger partial charge is 0.496 e. The van der Waals surface area contributed by atoms with E-state index in [1.807, 2.05) is 30.3 Å². The van der Waals surface area contributed by atoms with E-state index in [1.54, 1.807) is 25.4 Å². The highest BCUT2D eigenvalue weighted by Crippen LogP contribution is 2.31. The van der Waals surface area contributed by atoms with Gasteiger partial charge in [0, 0.05) is 11.8 Å². The van der Waals surface area contributed by atoms with Gasteiger partial charge in [-0.2, -0.15) is 5.10 Å². The number of nitrogens with zero attached hydrogens (tertiary/aromatic N) is 3. The highest BCUT2D eigenvalue weighted by Gasteiger charge is 2.18. The van der Waals surface area contributed by atoms with E-state index in [-0.39, 0.29) is 5.69 Å². The molecular weight excluding hydrogens is 282 g/mol. The minimum Gasteiger partial charge on any atom is -0.496 e. The molecule has 3 aromatic rings. The predicted octanol–water partition coefficient (Wildman–Crippen LogP) is 2.64. The third-order valence-corrected chi connectivity index (χ3v) is 3.18. The molecule has 2 aromatic heterocycles. The van der Waals surface area contributed by atoms with Crippen LogP contribution in [0.5, 0.6) is 5.75 Å². The first-order valence-corrected chi connectivity index (χ1v) is 6.59. The molecular formula is C16H13N3O3. The second-order valence-corrected chi connectivity index (χ2v) is 4.52. The average Bonchev–Trinajstić information content (AvgIpc) is 3.01. The minimum absolute atomic E-state index is 0.0495. The van der Waals surface area contributed by atoms with Gasteiger partial charge >= 0.3 is 5.97 Å². The van der Waals surface area contributed by atoms with Crippen LogP contribution in [0.15, 0.2) is 54.7 Å². The van der Waals surface area contributed by atoms with E-state index in [2.05, 4.69) is 10.1 Å². The van der Waals surface area contributed by atoms with Gasteiger partial charge in [0.1, 0.15) is 5.75 Å². The zero-order valence-electron chi connectivity index (χ0n) is 11.8. The van der Waals surface area contributed by atoms with Crippen LogP contribution in [0.4, 0.5) is 0 Å². The number of hydrogen-bond donors (Lipinski definition) is 1. The Hall–Kier alpha value is -3.15. The molecule has 1 aromatic carbocycles. The molecule has 3 rings (SSSR count). The fourth-order valence-electron chi connectivity index (χ4n) is 2.19. The SMILES string of the molecule is COc1ccccc1-c1cc(C(=O)O)nn1-c1ccccn1. The Bertz CT molecular complexity index is 813. The van der Waals surface area contributed by atoms with Crippen LogP contribution < -0.4 is 4.74 Å². The van der Waals surface area contributed by atoms with Gasteiger partial charge in [0.25, 0.3) is 0 Å². The maximum Gasteiger partial charge on any atom is 0.356 e. The van der Waals surface area contributed by atoms with Crippen LogP contribution in [-0.2, 0) is 0 Å². The normalized spacial score (nSPS) is 10.4. The third kappa shape index (κ3) is 2.42. The van der Waals surface area contributed by atoms with Crippen molar-refractivity contribution in [3.63, 3.8) is 0 Å². The molecule has 0 aliphatic rings. The Labute approximate surface area is 126 Å². The number of carboxylic acid groups (broad SMARTS) is 1. The predicted molar refractivity (Wildman–Crippen MR) is 80.3 cm³/mol. The molecule has 0 atom stereocenters. The summed E-state index contributed by atoms with van der Waals surface area (Å²) in [4.78, 5) is 15.5. The van der Waals surface area contributed by atoms with Crippen molar-refractivity contribution in [3.8, 4) is 22.8 Å². The first-order chi connectivity index (χ1) is 10.7. The molecule has 1 N–H and O–H groups in total. The number of benzene rings is 1. The van der Waals surface area contributed by atoms with Crippen molar-refractivity contribution in [3.05, 3.63) is 60.4 Å². The summed E-state index contributed by atoms with van der Waals surface area (Å²) in [6, 6.07) is 14.2. The molecule has 110 valence electrons. The lowest BCUT2D eigenvalue weighted by Gasteiger charge is -2.10. The van der Waals surface area contributed by atoms with E-state index >= 15 is 0 Å². The fraction of sp³-hybridized carbons (Fsp3) is 0.0625. The van der Waals surface area contributed by atoms with Crippen LogP contribution >= 0.6 is 0 Å². The molecule has 0 amide bonds. The summed E-state index contributed by atoms with van der Waals surface area (Å²) in [5.74, 6) is 0.0817. The van der Waals surface area contributed by atoms with Gasteiger partial charge in [0.2, 0.25) is 0 Å². The maximum atomic E-state index is 11.3. The summed E-state index contributed by atoms with van der Waals surface area (Å²) in [6.45, 7) is 0. The van der Waals surface area contributed by atoms with Gasteiger partial charge in [-0.1, -0.05) is 18.2 Å². The molecule has 6 nitrogen and oxygen atoms in total. The third-order valence-electron chi connectivity index (χ3n) is 3.18. The number of aromatic nitrogens is 3. The summed E-state index contributed by atoms with van der Waals surface area (Å²) in [6.07, 6.45) is 1.63. The van der Waals surface area contributed by atoms with Crippen LogP contribution in [0, 0.1) is 0 Å². The standard InChI is InChI=1S/C16H13N3O3/c1-22-14-7-3-2-6-11(14)13-10-12(16(20)21)18-19(13)15-8-4-5-9-17-15/h2-10H,1H3,(H,20,21). The highest BCUT2D eigenvalue weighted by atomic mass is 16.5. The fourth-order valence-corrected chi connectivity index (χ4v) is 2.19. The molecule has 22 heavy (non-hydrogen) atoms. The summed E-state index contributed by atoms with van der Waals surface area (Å²) < 4.78 is 6.85. The first-order valence-electron chi connectivity index (χ1n) is 6.59. The second kappa shape index (κ2) is 5.69. The number of carboxylic acids is 1. The maximum absolute atomic E-state index is 11.3. The number of hydrogen-bond acceptors (Lipinski definition) is 4. The Morgan fingerprint density at radius 1 is 1.18 bits per heavy atom. The van der Waals surface area contributed by atoms with Crippen molar-refractivity contribution in [2.75, 3.05) is 7.11 Å². The summed E-state index contributed by atoms with van der Waals surface area (Å²) in [5.41, 5.74) is 1.30. The summed E-state index contributed by atoms with van der Waals surface area (Å²) in [7, 11) is 1.57. The van der Waals surface area contributed by atoms with Crippen LogP contribution in [0.2, 0.25) is 0 Å². The van der Waals surface area contributed by atoms with Crippen LogP contribution in [0.25, 0.3) is 17.1 Å². The molecule has 0 fully saturated rings. The second-order valence-electron chi connectivity index (χ2n) is 4.52. The molecule has 0 aliphatic carbocycles. The molecule has 0 spiro atoms. The lowest BCUT2D eigenvalue weighted by atomic mass is 10.1. The highest BCUT2D eigenvalue weighted by molar-refractivity contribution is 5.87. The molecule has 0 saturated heterocycles. The Morgan fingerprint density at radius 2 is 1.95 bits per heavy atom. The van der Waals surface area contributed by atoms with E-state index < -0.39 is 5.97 Å². The van der Waals surface area contributed by atoms with Crippen LogP contribution in [0.3, 0.4) is 0 Å². The van der Waals surface area contributed by atoms with Crippen molar-refractivity contribution >= 4 is 5.97 Å². The molecule has 2 heterocycles. The average molecular weight is 295 g/mol. The van der Waals surface area contributed by atoms with Gasteiger partial charge in [-0.25, -0.2) is 14.5 Å². The molecule has 6 heteroatoms. The van der Waals surface area contributed by atoms with E-state index in [0.29, 0.717) is 17.3 Å². The van der Waals surface area contributed by atoms with E-state index in [9.17, 15) is 9.90 Å². The molecule has 0 unspecified atom stereocenters. The van der Waals surface area contributed by atoms with Gasteiger partial charge in [-0.15, -0.1) is 0 Å². The van der Waals surface area contributed by atoms with Gasteiger partial charge in [0.05, 0.1) is 12.8 Å². The first kappa shape index (κ1) is 13.8. The molecule has 0 saturated carbocycles. The zero-order valence-corrected chi connectivity index (χ0v) is 11.8. The quantitative estimate of drug-likeness (QED) is 0.800. The summed E-state index contributed by atoms with van der Waals surface area (Å²) in [5, 5.41) is 13.3. The molecule has 0 aliphatic heterocycles.